The topological polar surface area (TPSA) is 74.7 Å². The van der Waals surface area contributed by atoms with Gasteiger partial charge in [0.1, 0.15) is 12.3 Å². The van der Waals surface area contributed by atoms with E-state index in [1.54, 1.807) is 12.1 Å². The minimum atomic E-state index is -1.12. The van der Waals surface area contributed by atoms with Crippen molar-refractivity contribution in [3.63, 3.8) is 0 Å². The fourth-order valence-corrected chi connectivity index (χ4v) is 3.13. The first-order valence-electron chi connectivity index (χ1n) is 7.41. The fourth-order valence-electron chi connectivity index (χ4n) is 2.54. The number of rotatable bonds is 5. The van der Waals surface area contributed by atoms with Gasteiger partial charge in [0.25, 0.3) is 0 Å². The van der Waals surface area contributed by atoms with Crippen molar-refractivity contribution in [3.8, 4) is 0 Å². The van der Waals surface area contributed by atoms with Crippen LogP contribution in [0.1, 0.15) is 27.2 Å². The standard InChI is InChI=1S/C18H14Cl2N2O3/c1-10-4-2-3-5-11(10)9-25-21-8-13-16-14(20)6-12(19)7-15(16)22-17(13)18(23)24/h2-8,22H,9H2,1H3,(H,23,24)/b21-8-. The summed E-state index contributed by atoms with van der Waals surface area (Å²) in [7, 11) is 0. The number of benzene rings is 2. The molecule has 0 saturated carbocycles. The molecule has 0 bridgehead atoms. The van der Waals surface area contributed by atoms with Crippen molar-refractivity contribution in [3.05, 3.63) is 68.8 Å². The van der Waals surface area contributed by atoms with Crippen molar-refractivity contribution in [2.75, 3.05) is 0 Å². The molecule has 1 heterocycles. The molecular weight excluding hydrogens is 363 g/mol. The molecule has 25 heavy (non-hydrogen) atoms. The van der Waals surface area contributed by atoms with E-state index < -0.39 is 5.97 Å². The minimum absolute atomic E-state index is 0.0255. The lowest BCUT2D eigenvalue weighted by Crippen LogP contribution is -2.01. The predicted molar refractivity (Wildman–Crippen MR) is 98.8 cm³/mol. The first-order chi connectivity index (χ1) is 12.0. The highest BCUT2D eigenvalue weighted by Crippen LogP contribution is 2.31. The summed E-state index contributed by atoms with van der Waals surface area (Å²) in [6, 6.07) is 10.9. The summed E-state index contributed by atoms with van der Waals surface area (Å²) in [5, 5.41) is 14.6. The van der Waals surface area contributed by atoms with E-state index in [1.807, 2.05) is 31.2 Å². The SMILES string of the molecule is Cc1ccccc1CO/N=C\c1c(C(=O)O)[nH]c2cc(Cl)cc(Cl)c12. The van der Waals surface area contributed by atoms with Crippen LogP contribution in [0.3, 0.4) is 0 Å². The van der Waals surface area contributed by atoms with E-state index in [9.17, 15) is 9.90 Å². The average molecular weight is 377 g/mol. The van der Waals surface area contributed by atoms with Gasteiger partial charge >= 0.3 is 5.97 Å². The molecule has 7 heteroatoms. The van der Waals surface area contributed by atoms with Crippen LogP contribution >= 0.6 is 23.2 Å². The number of carbonyl (C=O) groups is 1. The monoisotopic (exact) mass is 376 g/mol. The molecule has 0 amide bonds. The Balaban J connectivity index is 1.91. The van der Waals surface area contributed by atoms with Crippen molar-refractivity contribution in [1.29, 1.82) is 0 Å². The highest BCUT2D eigenvalue weighted by molar-refractivity contribution is 6.39. The molecule has 2 N–H and O–H groups in total. The fraction of sp³-hybridized carbons (Fsp3) is 0.111. The Labute approximate surface area is 153 Å². The molecule has 0 aliphatic rings. The van der Waals surface area contributed by atoms with Crippen molar-refractivity contribution >= 4 is 46.3 Å². The molecule has 0 aliphatic heterocycles. The van der Waals surface area contributed by atoms with Gasteiger partial charge in [0.15, 0.2) is 0 Å². The third-order valence-electron chi connectivity index (χ3n) is 3.80. The molecular formula is C18H14Cl2N2O3. The van der Waals surface area contributed by atoms with Gasteiger partial charge in [0, 0.05) is 21.5 Å². The van der Waals surface area contributed by atoms with E-state index in [1.165, 1.54) is 6.21 Å². The van der Waals surface area contributed by atoms with E-state index in [4.69, 9.17) is 28.0 Å². The lowest BCUT2D eigenvalue weighted by molar-refractivity contribution is 0.0691. The predicted octanol–water partition coefficient (Wildman–Crippen LogP) is 5.03. The number of hydrogen-bond donors (Lipinski definition) is 2. The van der Waals surface area contributed by atoms with Crippen molar-refractivity contribution < 1.29 is 14.7 Å². The lowest BCUT2D eigenvalue weighted by Gasteiger charge is -2.03. The smallest absolute Gasteiger partial charge is 0.353 e. The van der Waals surface area contributed by atoms with Gasteiger partial charge in [0.05, 0.1) is 11.2 Å². The highest BCUT2D eigenvalue weighted by Gasteiger charge is 2.18. The largest absolute Gasteiger partial charge is 0.477 e. The zero-order chi connectivity index (χ0) is 18.0. The second-order valence-corrected chi connectivity index (χ2v) is 6.31. The number of nitrogens with one attached hydrogen (secondary N) is 1. The van der Waals surface area contributed by atoms with Crippen LogP contribution in [0.4, 0.5) is 0 Å². The van der Waals surface area contributed by atoms with Gasteiger partial charge in [-0.3, -0.25) is 0 Å². The molecule has 2 aromatic carbocycles. The summed E-state index contributed by atoms with van der Waals surface area (Å²) < 4.78 is 0. The highest BCUT2D eigenvalue weighted by atomic mass is 35.5. The molecule has 0 atom stereocenters. The number of aromatic carboxylic acids is 1. The Morgan fingerprint density at radius 2 is 2.08 bits per heavy atom. The minimum Gasteiger partial charge on any atom is -0.477 e. The Hall–Kier alpha value is -2.50. The van der Waals surface area contributed by atoms with Crippen molar-refractivity contribution in [2.24, 2.45) is 5.16 Å². The number of oxime groups is 1. The van der Waals surface area contributed by atoms with Gasteiger partial charge in [-0.2, -0.15) is 0 Å². The number of halogens is 2. The second kappa shape index (κ2) is 7.17. The summed E-state index contributed by atoms with van der Waals surface area (Å²) in [5.41, 5.74) is 2.93. The number of carboxylic acid groups (broad SMARTS) is 1. The zero-order valence-corrected chi connectivity index (χ0v) is 14.7. The van der Waals surface area contributed by atoms with E-state index in [0.717, 1.165) is 11.1 Å². The number of nitrogens with zero attached hydrogens (tertiary/aromatic N) is 1. The summed E-state index contributed by atoms with van der Waals surface area (Å²) in [6.07, 6.45) is 1.35. The molecule has 1 aromatic heterocycles. The molecule has 0 saturated heterocycles. The Bertz CT molecular complexity index is 980. The van der Waals surface area contributed by atoms with E-state index in [0.29, 0.717) is 26.5 Å². The quantitative estimate of drug-likeness (QED) is 0.484. The number of hydrogen-bond acceptors (Lipinski definition) is 3. The van der Waals surface area contributed by atoms with Crippen molar-refractivity contribution in [1.82, 2.24) is 4.98 Å². The maximum absolute atomic E-state index is 11.5. The van der Waals surface area contributed by atoms with Crippen LogP contribution in [-0.2, 0) is 11.4 Å². The first kappa shape index (κ1) is 17.3. The molecule has 3 aromatic rings. The average Bonchev–Trinajstić information content (AvgIpc) is 2.92. The molecule has 0 unspecified atom stereocenters. The number of aromatic nitrogens is 1. The molecule has 0 aliphatic carbocycles. The van der Waals surface area contributed by atoms with Crippen LogP contribution in [0.15, 0.2) is 41.6 Å². The van der Waals surface area contributed by atoms with Gasteiger partial charge in [-0.1, -0.05) is 52.6 Å². The summed E-state index contributed by atoms with van der Waals surface area (Å²) >= 11 is 12.2. The zero-order valence-electron chi connectivity index (χ0n) is 13.2. The van der Waals surface area contributed by atoms with E-state index in [-0.39, 0.29) is 12.3 Å². The van der Waals surface area contributed by atoms with Gasteiger partial charge in [-0.05, 0) is 30.2 Å². The van der Waals surface area contributed by atoms with Crippen LogP contribution < -0.4 is 0 Å². The van der Waals surface area contributed by atoms with Crippen molar-refractivity contribution in [2.45, 2.75) is 13.5 Å². The molecule has 128 valence electrons. The molecule has 0 radical (unpaired) electrons. The Morgan fingerprint density at radius 1 is 1.32 bits per heavy atom. The number of fused-ring (bicyclic) bond motifs is 1. The normalized spacial score (nSPS) is 11.3. The molecule has 0 fully saturated rings. The maximum atomic E-state index is 11.5. The molecule has 0 spiro atoms. The van der Waals surface area contributed by atoms with Gasteiger partial charge in [-0.15, -0.1) is 0 Å². The summed E-state index contributed by atoms with van der Waals surface area (Å²) in [4.78, 5) is 19.6. The summed E-state index contributed by atoms with van der Waals surface area (Å²) in [5.74, 6) is -1.12. The molecule has 5 nitrogen and oxygen atoms in total. The van der Waals surface area contributed by atoms with Gasteiger partial charge in [-0.25, -0.2) is 4.79 Å². The number of H-pyrrole nitrogens is 1. The Morgan fingerprint density at radius 3 is 2.80 bits per heavy atom. The number of aryl methyl sites for hydroxylation is 1. The van der Waals surface area contributed by atoms with E-state index >= 15 is 0 Å². The van der Waals surface area contributed by atoms with Crippen LogP contribution in [-0.4, -0.2) is 22.3 Å². The van der Waals surface area contributed by atoms with Gasteiger partial charge in [0.2, 0.25) is 0 Å². The molecule has 3 rings (SSSR count). The summed E-state index contributed by atoms with van der Waals surface area (Å²) in [6.45, 7) is 2.27. The van der Waals surface area contributed by atoms with Gasteiger partial charge < -0.3 is 14.9 Å². The number of carboxylic acids is 1. The van der Waals surface area contributed by atoms with Crippen LogP contribution in [0.25, 0.3) is 10.9 Å². The van der Waals surface area contributed by atoms with Crippen LogP contribution in [0.5, 0.6) is 0 Å². The third kappa shape index (κ3) is 3.62. The maximum Gasteiger partial charge on any atom is 0.353 e. The third-order valence-corrected chi connectivity index (χ3v) is 4.32. The van der Waals surface area contributed by atoms with Crippen LogP contribution in [0.2, 0.25) is 10.0 Å². The number of aromatic amines is 1. The first-order valence-corrected chi connectivity index (χ1v) is 8.17. The second-order valence-electron chi connectivity index (χ2n) is 5.46. The van der Waals surface area contributed by atoms with E-state index in [2.05, 4.69) is 10.1 Å². The Kier molecular flexibility index (Phi) is 4.97. The van der Waals surface area contributed by atoms with Crippen LogP contribution in [0, 0.1) is 6.92 Å². The lowest BCUT2D eigenvalue weighted by atomic mass is 10.1.